The molecule has 1 aromatic heterocycles. The third-order valence-electron chi connectivity index (χ3n) is 3.13. The Bertz CT molecular complexity index is 581. The number of hydrogen-bond acceptors (Lipinski definition) is 4. The molecule has 6 heteroatoms. The average Bonchev–Trinajstić information content (AvgIpc) is 2.90. The van der Waals surface area contributed by atoms with E-state index in [-0.39, 0.29) is 12.3 Å². The number of carbonyl (C=O) groups is 1. The van der Waals surface area contributed by atoms with E-state index in [9.17, 15) is 9.90 Å². The maximum atomic E-state index is 11.2. The number of carboxylic acids is 1. The molecule has 0 aliphatic heterocycles. The van der Waals surface area contributed by atoms with Crippen LogP contribution < -0.4 is 4.74 Å². The van der Waals surface area contributed by atoms with Gasteiger partial charge in [0.1, 0.15) is 18.1 Å². The van der Waals surface area contributed by atoms with Gasteiger partial charge in [-0.05, 0) is 18.6 Å². The van der Waals surface area contributed by atoms with Crippen LogP contribution >= 0.6 is 0 Å². The van der Waals surface area contributed by atoms with Gasteiger partial charge in [-0.2, -0.15) is 0 Å². The van der Waals surface area contributed by atoms with Gasteiger partial charge in [0, 0.05) is 6.54 Å². The number of aromatic carboxylic acids is 1. The summed E-state index contributed by atoms with van der Waals surface area (Å²) in [6, 6.07) is 9.28. The van der Waals surface area contributed by atoms with Crippen molar-refractivity contribution in [2.24, 2.45) is 0 Å². The molecule has 2 aromatic rings. The van der Waals surface area contributed by atoms with E-state index in [4.69, 9.17) is 4.74 Å². The van der Waals surface area contributed by atoms with Gasteiger partial charge in [0.15, 0.2) is 5.69 Å². The molecular formula is C15H19N3O3. The summed E-state index contributed by atoms with van der Waals surface area (Å²) < 4.78 is 7.25. The van der Waals surface area contributed by atoms with Crippen molar-refractivity contribution in [3.8, 4) is 5.75 Å². The number of benzene rings is 1. The third kappa shape index (κ3) is 4.05. The molecule has 0 aliphatic rings. The molecule has 21 heavy (non-hydrogen) atoms. The SMILES string of the molecule is CCCCCn1nnc(C(=O)O)c1COc1ccccc1. The first-order chi connectivity index (χ1) is 10.2. The lowest BCUT2D eigenvalue weighted by Crippen LogP contribution is -2.11. The highest BCUT2D eigenvalue weighted by Gasteiger charge is 2.19. The van der Waals surface area contributed by atoms with E-state index in [1.165, 1.54) is 0 Å². The highest BCUT2D eigenvalue weighted by atomic mass is 16.5. The summed E-state index contributed by atoms with van der Waals surface area (Å²) in [6.07, 6.45) is 3.11. The molecule has 0 aliphatic carbocycles. The lowest BCUT2D eigenvalue weighted by atomic mass is 10.2. The van der Waals surface area contributed by atoms with Crippen molar-refractivity contribution >= 4 is 5.97 Å². The topological polar surface area (TPSA) is 77.2 Å². The molecule has 0 unspecified atom stereocenters. The molecule has 1 heterocycles. The minimum absolute atomic E-state index is 0.0394. The second-order valence-electron chi connectivity index (χ2n) is 4.72. The largest absolute Gasteiger partial charge is 0.487 e. The quantitative estimate of drug-likeness (QED) is 0.756. The van der Waals surface area contributed by atoms with Crippen molar-refractivity contribution < 1.29 is 14.6 Å². The van der Waals surface area contributed by atoms with Gasteiger partial charge in [-0.15, -0.1) is 5.10 Å². The first-order valence-electron chi connectivity index (χ1n) is 7.06. The normalized spacial score (nSPS) is 10.5. The van der Waals surface area contributed by atoms with Gasteiger partial charge in [0.05, 0.1) is 0 Å². The second-order valence-corrected chi connectivity index (χ2v) is 4.72. The molecule has 0 bridgehead atoms. The number of hydrogen-bond donors (Lipinski definition) is 1. The van der Waals surface area contributed by atoms with Crippen molar-refractivity contribution in [3.05, 3.63) is 41.7 Å². The predicted octanol–water partition coefficient (Wildman–Crippen LogP) is 2.75. The summed E-state index contributed by atoms with van der Waals surface area (Å²) in [6.45, 7) is 2.91. The van der Waals surface area contributed by atoms with Crippen LogP contribution in [-0.4, -0.2) is 26.1 Å². The fourth-order valence-electron chi connectivity index (χ4n) is 2.00. The summed E-state index contributed by atoms with van der Waals surface area (Å²) in [7, 11) is 0. The fourth-order valence-corrected chi connectivity index (χ4v) is 2.00. The summed E-state index contributed by atoms with van der Waals surface area (Å²) in [4.78, 5) is 11.2. The van der Waals surface area contributed by atoms with Crippen molar-refractivity contribution in [1.82, 2.24) is 15.0 Å². The highest BCUT2D eigenvalue weighted by molar-refractivity contribution is 5.86. The van der Waals surface area contributed by atoms with Crippen molar-refractivity contribution in [2.45, 2.75) is 39.3 Å². The van der Waals surface area contributed by atoms with Gasteiger partial charge in [-0.3, -0.25) is 0 Å². The van der Waals surface area contributed by atoms with Gasteiger partial charge in [0.25, 0.3) is 0 Å². The third-order valence-corrected chi connectivity index (χ3v) is 3.13. The molecule has 0 amide bonds. The van der Waals surface area contributed by atoms with E-state index in [1.807, 2.05) is 30.3 Å². The fraction of sp³-hybridized carbons (Fsp3) is 0.400. The summed E-state index contributed by atoms with van der Waals surface area (Å²) in [5.74, 6) is -0.390. The van der Waals surface area contributed by atoms with E-state index >= 15 is 0 Å². The number of ether oxygens (including phenoxy) is 1. The summed E-state index contributed by atoms with van der Waals surface area (Å²) in [5, 5.41) is 16.8. The Morgan fingerprint density at radius 3 is 2.71 bits per heavy atom. The first-order valence-corrected chi connectivity index (χ1v) is 7.06. The van der Waals surface area contributed by atoms with E-state index in [0.717, 1.165) is 19.3 Å². The van der Waals surface area contributed by atoms with Gasteiger partial charge < -0.3 is 9.84 Å². The maximum absolute atomic E-state index is 11.2. The number of aromatic nitrogens is 3. The molecule has 112 valence electrons. The standard InChI is InChI=1S/C15H19N3O3/c1-2-3-7-10-18-13(14(15(19)20)16-17-18)11-21-12-8-5-4-6-9-12/h4-6,8-9H,2-3,7,10-11H2,1H3,(H,19,20). The Morgan fingerprint density at radius 2 is 2.05 bits per heavy atom. The van der Waals surface area contributed by atoms with Crippen LogP contribution in [0.1, 0.15) is 42.4 Å². The Hall–Kier alpha value is -2.37. The molecular weight excluding hydrogens is 270 g/mol. The zero-order valence-electron chi connectivity index (χ0n) is 12.0. The molecule has 0 spiro atoms. The van der Waals surface area contributed by atoms with Crippen LogP contribution in [0.15, 0.2) is 30.3 Å². The smallest absolute Gasteiger partial charge is 0.358 e. The van der Waals surface area contributed by atoms with E-state index in [2.05, 4.69) is 17.2 Å². The number of carboxylic acid groups (broad SMARTS) is 1. The lowest BCUT2D eigenvalue weighted by Gasteiger charge is -2.09. The molecule has 2 rings (SSSR count). The summed E-state index contributed by atoms with van der Waals surface area (Å²) in [5.41, 5.74) is 0.463. The molecule has 0 fully saturated rings. The minimum atomic E-state index is -1.08. The van der Waals surface area contributed by atoms with Gasteiger partial charge >= 0.3 is 5.97 Å². The van der Waals surface area contributed by atoms with Crippen LogP contribution in [-0.2, 0) is 13.2 Å². The van der Waals surface area contributed by atoms with Crippen molar-refractivity contribution in [2.75, 3.05) is 0 Å². The molecule has 0 atom stereocenters. The van der Waals surface area contributed by atoms with Crippen LogP contribution in [0.2, 0.25) is 0 Å². The zero-order valence-corrected chi connectivity index (χ0v) is 12.0. The van der Waals surface area contributed by atoms with Crippen LogP contribution in [0.5, 0.6) is 5.75 Å². The van der Waals surface area contributed by atoms with Crippen molar-refractivity contribution in [1.29, 1.82) is 0 Å². The first kappa shape index (κ1) is 15.0. The number of aryl methyl sites for hydroxylation is 1. The van der Waals surface area contributed by atoms with Crippen LogP contribution in [0.25, 0.3) is 0 Å². The molecule has 1 aromatic carbocycles. The predicted molar refractivity (Wildman–Crippen MR) is 77.3 cm³/mol. The maximum Gasteiger partial charge on any atom is 0.358 e. The Morgan fingerprint density at radius 1 is 1.29 bits per heavy atom. The molecule has 0 radical (unpaired) electrons. The van der Waals surface area contributed by atoms with E-state index in [0.29, 0.717) is 18.0 Å². The van der Waals surface area contributed by atoms with Gasteiger partial charge in [-0.1, -0.05) is 43.2 Å². The molecule has 6 nitrogen and oxygen atoms in total. The van der Waals surface area contributed by atoms with Crippen LogP contribution in [0.4, 0.5) is 0 Å². The van der Waals surface area contributed by atoms with Gasteiger partial charge in [-0.25, -0.2) is 9.48 Å². The number of rotatable bonds is 8. The Labute approximate surface area is 123 Å². The van der Waals surface area contributed by atoms with Crippen LogP contribution in [0.3, 0.4) is 0 Å². The van der Waals surface area contributed by atoms with Crippen LogP contribution in [0, 0.1) is 0 Å². The highest BCUT2D eigenvalue weighted by Crippen LogP contribution is 2.14. The molecule has 0 saturated carbocycles. The van der Waals surface area contributed by atoms with E-state index < -0.39 is 5.97 Å². The average molecular weight is 289 g/mol. The molecule has 1 N–H and O–H groups in total. The van der Waals surface area contributed by atoms with E-state index in [1.54, 1.807) is 4.68 Å². The lowest BCUT2D eigenvalue weighted by molar-refractivity contribution is 0.0687. The Balaban J connectivity index is 2.10. The number of nitrogens with zero attached hydrogens (tertiary/aromatic N) is 3. The second kappa shape index (κ2) is 7.42. The molecule has 0 saturated heterocycles. The Kier molecular flexibility index (Phi) is 5.31. The summed E-state index contributed by atoms with van der Waals surface area (Å²) >= 11 is 0. The number of para-hydroxylation sites is 1. The van der Waals surface area contributed by atoms with Crippen molar-refractivity contribution in [3.63, 3.8) is 0 Å². The van der Waals surface area contributed by atoms with Gasteiger partial charge in [0.2, 0.25) is 0 Å². The monoisotopic (exact) mass is 289 g/mol. The zero-order chi connectivity index (χ0) is 15.1. The number of unbranched alkanes of at least 4 members (excludes halogenated alkanes) is 2. The minimum Gasteiger partial charge on any atom is -0.487 e.